The summed E-state index contributed by atoms with van der Waals surface area (Å²) in [4.78, 5) is 0. The smallest absolute Gasteiger partial charge is 0.161 e. The van der Waals surface area contributed by atoms with Gasteiger partial charge in [0.25, 0.3) is 0 Å². The molecule has 1 atom stereocenters. The summed E-state index contributed by atoms with van der Waals surface area (Å²) in [6.07, 6.45) is 7.84. The van der Waals surface area contributed by atoms with Crippen molar-refractivity contribution in [3.05, 3.63) is 30.3 Å². The summed E-state index contributed by atoms with van der Waals surface area (Å²) in [5.74, 6) is 0. The maximum atomic E-state index is 7.06. The largest absolute Gasteiger partial charge is 0.186 e. The minimum absolute atomic E-state index is 1.24. The van der Waals surface area contributed by atoms with Crippen LogP contribution in [0.1, 0.15) is 52.4 Å². The molecule has 0 nitrogen and oxygen atoms in total. The minimum Gasteiger partial charge on any atom is -0.161 e. The maximum Gasteiger partial charge on any atom is 0.186 e. The van der Waals surface area contributed by atoms with Crippen LogP contribution < -0.4 is 5.19 Å². The van der Waals surface area contributed by atoms with Gasteiger partial charge in [0, 0.05) is 0 Å². The monoisotopic (exact) mass is 282 g/mol. The van der Waals surface area contributed by atoms with Crippen molar-refractivity contribution in [1.29, 1.82) is 0 Å². The standard InChI is InChI=1S/C16H27ClSi/c1-3-5-7-11-15-18(17,14-6-4-2)16-12-9-8-10-13-16/h8-10,12-13H,3-7,11,14-15H2,1-2H3. The molecule has 0 fully saturated rings. The van der Waals surface area contributed by atoms with Crippen LogP contribution in [0.5, 0.6) is 0 Å². The number of hydrogen-bond donors (Lipinski definition) is 0. The highest BCUT2D eigenvalue weighted by atomic mass is 35.6. The number of unbranched alkanes of at least 4 members (excludes halogenated alkanes) is 4. The quantitative estimate of drug-likeness (QED) is 0.321. The van der Waals surface area contributed by atoms with Gasteiger partial charge < -0.3 is 0 Å². The van der Waals surface area contributed by atoms with E-state index in [1.807, 2.05) is 0 Å². The van der Waals surface area contributed by atoms with Gasteiger partial charge in [-0.3, -0.25) is 0 Å². The predicted octanol–water partition coefficient (Wildman–Crippen LogP) is 5.46. The van der Waals surface area contributed by atoms with Crippen molar-refractivity contribution in [2.45, 2.75) is 64.5 Å². The van der Waals surface area contributed by atoms with E-state index in [9.17, 15) is 0 Å². The minimum atomic E-state index is -1.72. The van der Waals surface area contributed by atoms with Crippen molar-refractivity contribution in [2.75, 3.05) is 0 Å². The third kappa shape index (κ3) is 5.15. The van der Waals surface area contributed by atoms with Crippen LogP contribution in [0, 0.1) is 0 Å². The van der Waals surface area contributed by atoms with E-state index in [0.717, 1.165) is 0 Å². The average molecular weight is 283 g/mol. The van der Waals surface area contributed by atoms with E-state index >= 15 is 0 Å². The number of rotatable bonds is 9. The first-order valence-electron chi connectivity index (χ1n) is 7.47. The van der Waals surface area contributed by atoms with E-state index in [1.54, 1.807) is 0 Å². The van der Waals surface area contributed by atoms with Gasteiger partial charge in [-0.15, -0.1) is 0 Å². The van der Waals surface area contributed by atoms with Gasteiger partial charge in [0.2, 0.25) is 0 Å². The number of halogens is 1. The summed E-state index contributed by atoms with van der Waals surface area (Å²) in [6, 6.07) is 13.3. The second-order valence-electron chi connectivity index (χ2n) is 5.25. The second kappa shape index (κ2) is 8.76. The van der Waals surface area contributed by atoms with Crippen LogP contribution in [0.15, 0.2) is 30.3 Å². The molecule has 0 saturated carbocycles. The highest BCUT2D eigenvalue weighted by Crippen LogP contribution is 2.26. The lowest BCUT2D eigenvalue weighted by atomic mass is 10.2. The predicted molar refractivity (Wildman–Crippen MR) is 86.3 cm³/mol. The molecule has 102 valence electrons. The van der Waals surface area contributed by atoms with E-state index in [2.05, 4.69) is 44.2 Å². The normalized spacial score (nSPS) is 14.4. The molecule has 0 aromatic heterocycles. The Bertz CT molecular complexity index is 312. The fourth-order valence-electron chi connectivity index (χ4n) is 2.44. The van der Waals surface area contributed by atoms with Gasteiger partial charge in [-0.05, 0) is 17.3 Å². The zero-order chi connectivity index (χ0) is 13.3. The Morgan fingerprint density at radius 1 is 0.833 bits per heavy atom. The molecule has 0 saturated heterocycles. The van der Waals surface area contributed by atoms with Crippen molar-refractivity contribution >= 4 is 23.6 Å². The van der Waals surface area contributed by atoms with Crippen LogP contribution in [-0.2, 0) is 0 Å². The van der Waals surface area contributed by atoms with E-state index < -0.39 is 7.38 Å². The van der Waals surface area contributed by atoms with Gasteiger partial charge in [0.1, 0.15) is 0 Å². The Kier molecular flexibility index (Phi) is 7.68. The highest BCUT2D eigenvalue weighted by Gasteiger charge is 2.31. The Balaban J connectivity index is 2.63. The first-order chi connectivity index (χ1) is 8.73. The van der Waals surface area contributed by atoms with Crippen LogP contribution >= 0.6 is 11.1 Å². The van der Waals surface area contributed by atoms with Gasteiger partial charge >= 0.3 is 0 Å². The van der Waals surface area contributed by atoms with E-state index in [4.69, 9.17) is 11.1 Å². The molecule has 0 spiro atoms. The number of benzene rings is 1. The summed E-state index contributed by atoms with van der Waals surface area (Å²) in [5.41, 5.74) is 0. The fraction of sp³-hybridized carbons (Fsp3) is 0.625. The van der Waals surface area contributed by atoms with Crippen molar-refractivity contribution in [3.8, 4) is 0 Å². The van der Waals surface area contributed by atoms with E-state index in [-0.39, 0.29) is 0 Å². The molecule has 0 amide bonds. The zero-order valence-corrected chi connectivity index (χ0v) is 13.7. The third-order valence-corrected chi connectivity index (χ3v) is 9.09. The maximum absolute atomic E-state index is 7.06. The molecular weight excluding hydrogens is 256 g/mol. The first kappa shape index (κ1) is 15.8. The van der Waals surface area contributed by atoms with Crippen molar-refractivity contribution in [1.82, 2.24) is 0 Å². The first-order valence-corrected chi connectivity index (χ1v) is 10.9. The van der Waals surface area contributed by atoms with Crippen LogP contribution in [0.2, 0.25) is 12.1 Å². The summed E-state index contributed by atoms with van der Waals surface area (Å²) < 4.78 is 0. The molecule has 0 aliphatic heterocycles. The molecular formula is C16H27ClSi. The van der Waals surface area contributed by atoms with Gasteiger partial charge in [-0.1, -0.05) is 82.7 Å². The molecule has 1 unspecified atom stereocenters. The molecule has 18 heavy (non-hydrogen) atoms. The fourth-order valence-corrected chi connectivity index (χ4v) is 6.96. The zero-order valence-electron chi connectivity index (χ0n) is 11.9. The summed E-state index contributed by atoms with van der Waals surface area (Å²) in [5, 5.41) is 1.44. The lowest BCUT2D eigenvalue weighted by Gasteiger charge is -2.25. The Morgan fingerprint density at radius 2 is 1.44 bits per heavy atom. The van der Waals surface area contributed by atoms with Crippen LogP contribution in [0.3, 0.4) is 0 Å². The van der Waals surface area contributed by atoms with Gasteiger partial charge in [-0.2, -0.15) is 11.1 Å². The molecule has 0 aliphatic rings. The Hall–Kier alpha value is -0.273. The molecule has 1 aromatic carbocycles. The highest BCUT2D eigenvalue weighted by molar-refractivity contribution is 7.27. The van der Waals surface area contributed by atoms with Crippen LogP contribution in [0.25, 0.3) is 0 Å². The molecule has 0 bridgehead atoms. The molecule has 0 radical (unpaired) electrons. The lowest BCUT2D eigenvalue weighted by molar-refractivity contribution is 0.696. The molecule has 0 N–H and O–H groups in total. The second-order valence-corrected chi connectivity index (χ2v) is 10.9. The Labute approximate surface area is 118 Å². The third-order valence-electron chi connectivity index (χ3n) is 3.64. The lowest BCUT2D eigenvalue weighted by Crippen LogP contribution is -2.41. The Morgan fingerprint density at radius 3 is 2.06 bits per heavy atom. The van der Waals surface area contributed by atoms with Crippen LogP contribution in [0.4, 0.5) is 0 Å². The molecule has 0 heterocycles. The van der Waals surface area contributed by atoms with Crippen LogP contribution in [-0.4, -0.2) is 7.38 Å². The molecule has 0 aliphatic carbocycles. The van der Waals surface area contributed by atoms with Gasteiger partial charge in [0.15, 0.2) is 7.38 Å². The molecule has 1 aromatic rings. The van der Waals surface area contributed by atoms with Crippen molar-refractivity contribution in [3.63, 3.8) is 0 Å². The summed E-state index contributed by atoms with van der Waals surface area (Å²) in [6.45, 7) is 4.52. The van der Waals surface area contributed by atoms with Crippen molar-refractivity contribution < 1.29 is 0 Å². The summed E-state index contributed by atoms with van der Waals surface area (Å²) in [7, 11) is -1.72. The topological polar surface area (TPSA) is 0 Å². The van der Waals surface area contributed by atoms with Crippen molar-refractivity contribution in [2.24, 2.45) is 0 Å². The van der Waals surface area contributed by atoms with Gasteiger partial charge in [0.05, 0.1) is 0 Å². The van der Waals surface area contributed by atoms with Gasteiger partial charge in [-0.25, -0.2) is 0 Å². The SMILES string of the molecule is CCCCCC[Si](Cl)(CCCC)c1ccccc1. The molecule has 2 heteroatoms. The number of hydrogen-bond acceptors (Lipinski definition) is 0. The average Bonchev–Trinajstić information content (AvgIpc) is 2.42. The van der Waals surface area contributed by atoms with E-state index in [1.165, 1.54) is 55.8 Å². The summed E-state index contributed by atoms with van der Waals surface area (Å²) >= 11 is 7.06. The molecule has 1 rings (SSSR count). The van der Waals surface area contributed by atoms with E-state index in [0.29, 0.717) is 0 Å².